The minimum absolute atomic E-state index is 0.119. The molecule has 5 heteroatoms. The highest BCUT2D eigenvalue weighted by molar-refractivity contribution is 6.30. The molecule has 1 saturated heterocycles. The lowest BCUT2D eigenvalue weighted by molar-refractivity contribution is -0.127. The fourth-order valence-electron chi connectivity index (χ4n) is 2.44. The highest BCUT2D eigenvalue weighted by Crippen LogP contribution is 2.13. The Kier molecular flexibility index (Phi) is 6.43. The molecule has 1 aliphatic heterocycles. The predicted molar refractivity (Wildman–Crippen MR) is 91.0 cm³/mol. The van der Waals surface area contributed by atoms with Crippen LogP contribution in [0.15, 0.2) is 36.4 Å². The average Bonchev–Trinajstić information content (AvgIpc) is 2.50. The minimum atomic E-state index is 0.119. The number of hydrogen-bond acceptors (Lipinski definition) is 3. The molecule has 0 aromatic heterocycles. The zero-order valence-electron chi connectivity index (χ0n) is 13.3. The summed E-state index contributed by atoms with van der Waals surface area (Å²) in [5, 5.41) is 0.767. The van der Waals surface area contributed by atoms with Gasteiger partial charge in [-0.15, -0.1) is 0 Å². The number of carbonyl (C=O) groups excluding carboxylic acids is 1. The summed E-state index contributed by atoms with van der Waals surface area (Å²) < 4.78 is 0. The van der Waals surface area contributed by atoms with Gasteiger partial charge in [0.05, 0.1) is 0 Å². The maximum atomic E-state index is 12.1. The predicted octanol–water partition coefficient (Wildman–Crippen LogP) is 2.10. The van der Waals surface area contributed by atoms with Crippen molar-refractivity contribution in [3.8, 4) is 0 Å². The molecule has 1 fully saturated rings. The topological polar surface area (TPSA) is 26.8 Å². The number of nitrogens with zero attached hydrogens (tertiary/aromatic N) is 3. The van der Waals surface area contributed by atoms with Crippen molar-refractivity contribution in [3.05, 3.63) is 47.0 Å². The highest BCUT2D eigenvalue weighted by atomic mass is 35.5. The van der Waals surface area contributed by atoms with Gasteiger partial charge in [0, 0.05) is 50.4 Å². The lowest BCUT2D eigenvalue weighted by Crippen LogP contribution is -2.47. The van der Waals surface area contributed by atoms with E-state index in [9.17, 15) is 4.79 Å². The number of likely N-dealkylation sites (N-methyl/N-ethyl adjacent to an activating group) is 1. The lowest BCUT2D eigenvalue weighted by Gasteiger charge is -2.34. The van der Waals surface area contributed by atoms with Crippen LogP contribution in [0.4, 0.5) is 0 Å². The number of hydrogen-bond donors (Lipinski definition) is 0. The quantitative estimate of drug-likeness (QED) is 0.777. The molecule has 1 heterocycles. The molecule has 120 valence electrons. The summed E-state index contributed by atoms with van der Waals surface area (Å²) in [5.74, 6) is 0.119. The first-order valence-corrected chi connectivity index (χ1v) is 7.99. The van der Waals surface area contributed by atoms with Crippen molar-refractivity contribution in [1.29, 1.82) is 0 Å². The van der Waals surface area contributed by atoms with Crippen LogP contribution >= 0.6 is 11.6 Å². The van der Waals surface area contributed by atoms with Crippen LogP contribution in [0.5, 0.6) is 0 Å². The number of rotatable bonds is 5. The monoisotopic (exact) mass is 321 g/mol. The van der Waals surface area contributed by atoms with Gasteiger partial charge in [-0.1, -0.05) is 29.8 Å². The van der Waals surface area contributed by atoms with Crippen molar-refractivity contribution in [2.45, 2.75) is 6.54 Å². The van der Waals surface area contributed by atoms with Gasteiger partial charge in [0.2, 0.25) is 5.91 Å². The van der Waals surface area contributed by atoms with Crippen LogP contribution in [0.25, 0.3) is 0 Å². The highest BCUT2D eigenvalue weighted by Gasteiger charge is 2.19. The normalized spacial score (nSPS) is 16.6. The molecule has 0 saturated carbocycles. The van der Waals surface area contributed by atoms with Crippen molar-refractivity contribution in [2.24, 2.45) is 0 Å². The summed E-state index contributed by atoms with van der Waals surface area (Å²) in [6.45, 7) is 5.11. The van der Waals surface area contributed by atoms with E-state index in [-0.39, 0.29) is 5.91 Å². The van der Waals surface area contributed by atoms with Crippen LogP contribution in [0.3, 0.4) is 0 Å². The molecule has 0 spiro atoms. The summed E-state index contributed by atoms with van der Waals surface area (Å²) in [6, 6.07) is 7.96. The number of halogens is 1. The Hall–Kier alpha value is -1.36. The van der Waals surface area contributed by atoms with Gasteiger partial charge in [-0.05, 0) is 31.8 Å². The number of piperazine rings is 1. The van der Waals surface area contributed by atoms with E-state index < -0.39 is 0 Å². The van der Waals surface area contributed by atoms with E-state index in [1.165, 1.54) is 5.56 Å². The Labute approximate surface area is 137 Å². The van der Waals surface area contributed by atoms with Crippen molar-refractivity contribution in [2.75, 3.05) is 46.8 Å². The van der Waals surface area contributed by atoms with Crippen molar-refractivity contribution >= 4 is 17.5 Å². The zero-order valence-corrected chi connectivity index (χ0v) is 14.1. The number of amides is 1. The molecule has 0 N–H and O–H groups in total. The first-order valence-electron chi connectivity index (χ1n) is 7.61. The van der Waals surface area contributed by atoms with Crippen LogP contribution in [-0.4, -0.2) is 67.4 Å². The Morgan fingerprint density at radius 2 is 1.82 bits per heavy atom. The first kappa shape index (κ1) is 17.0. The molecule has 1 aromatic carbocycles. The van der Waals surface area contributed by atoms with Gasteiger partial charge in [0.1, 0.15) is 0 Å². The molecule has 4 nitrogen and oxygen atoms in total. The van der Waals surface area contributed by atoms with Gasteiger partial charge >= 0.3 is 0 Å². The third kappa shape index (κ3) is 5.44. The number of benzene rings is 1. The fourth-order valence-corrected chi connectivity index (χ4v) is 2.57. The first-order chi connectivity index (χ1) is 10.5. The van der Waals surface area contributed by atoms with Gasteiger partial charge in [-0.3, -0.25) is 9.69 Å². The van der Waals surface area contributed by atoms with Crippen molar-refractivity contribution in [3.63, 3.8) is 0 Å². The Bertz CT molecular complexity index is 505. The lowest BCUT2D eigenvalue weighted by atomic mass is 10.2. The van der Waals surface area contributed by atoms with Crippen LogP contribution in [-0.2, 0) is 11.3 Å². The Morgan fingerprint density at radius 1 is 1.18 bits per heavy atom. The molecule has 1 aromatic rings. The second-order valence-electron chi connectivity index (χ2n) is 5.89. The van der Waals surface area contributed by atoms with E-state index in [1.54, 1.807) is 6.08 Å². The fraction of sp³-hybridized carbons (Fsp3) is 0.471. The molecule has 0 atom stereocenters. The summed E-state index contributed by atoms with van der Waals surface area (Å²) >= 11 is 5.90. The molecule has 0 unspecified atom stereocenters. The Balaban J connectivity index is 1.76. The SMILES string of the molecule is CN(C)C/C=C/C(=O)N1CCN(Cc2ccc(Cl)cc2)CC1. The minimum Gasteiger partial charge on any atom is -0.337 e. The van der Waals surface area contributed by atoms with Gasteiger partial charge < -0.3 is 9.80 Å². The van der Waals surface area contributed by atoms with Gasteiger partial charge in [0.15, 0.2) is 0 Å². The van der Waals surface area contributed by atoms with E-state index in [0.717, 1.165) is 44.3 Å². The molecule has 22 heavy (non-hydrogen) atoms. The summed E-state index contributed by atoms with van der Waals surface area (Å²) in [6.07, 6.45) is 3.61. The average molecular weight is 322 g/mol. The maximum Gasteiger partial charge on any atom is 0.246 e. The van der Waals surface area contributed by atoms with Crippen LogP contribution < -0.4 is 0 Å². The van der Waals surface area contributed by atoms with Crippen molar-refractivity contribution < 1.29 is 4.79 Å². The van der Waals surface area contributed by atoms with Gasteiger partial charge in [0.25, 0.3) is 0 Å². The summed E-state index contributed by atoms with van der Waals surface area (Å²) in [5.41, 5.74) is 1.26. The largest absolute Gasteiger partial charge is 0.337 e. The third-order valence-electron chi connectivity index (χ3n) is 3.73. The van der Waals surface area contributed by atoms with E-state index in [1.807, 2.05) is 42.1 Å². The standard InChI is InChI=1S/C17H24ClN3O/c1-19(2)9-3-4-17(22)21-12-10-20(11-13-21)14-15-5-7-16(18)8-6-15/h3-8H,9-14H2,1-2H3/b4-3+. The summed E-state index contributed by atoms with van der Waals surface area (Å²) in [7, 11) is 3.98. The number of carbonyl (C=O) groups is 1. The van der Waals surface area contributed by atoms with Crippen LogP contribution in [0.2, 0.25) is 5.02 Å². The van der Waals surface area contributed by atoms with E-state index >= 15 is 0 Å². The van der Waals surface area contributed by atoms with Crippen molar-refractivity contribution in [1.82, 2.24) is 14.7 Å². The van der Waals surface area contributed by atoms with Gasteiger partial charge in [-0.2, -0.15) is 0 Å². The zero-order chi connectivity index (χ0) is 15.9. The second-order valence-corrected chi connectivity index (χ2v) is 6.33. The van der Waals surface area contributed by atoms with E-state index in [0.29, 0.717) is 0 Å². The second kappa shape index (κ2) is 8.32. The van der Waals surface area contributed by atoms with E-state index in [4.69, 9.17) is 11.6 Å². The molecule has 1 amide bonds. The molecule has 2 rings (SSSR count). The summed E-state index contributed by atoms with van der Waals surface area (Å²) in [4.78, 5) is 18.4. The van der Waals surface area contributed by atoms with Crippen LogP contribution in [0, 0.1) is 0 Å². The Morgan fingerprint density at radius 3 is 2.41 bits per heavy atom. The molecular weight excluding hydrogens is 298 g/mol. The van der Waals surface area contributed by atoms with E-state index in [2.05, 4.69) is 17.0 Å². The molecule has 1 aliphatic rings. The van der Waals surface area contributed by atoms with Gasteiger partial charge in [-0.25, -0.2) is 0 Å². The molecule has 0 bridgehead atoms. The molecular formula is C17H24ClN3O. The maximum absolute atomic E-state index is 12.1. The smallest absolute Gasteiger partial charge is 0.246 e. The van der Waals surface area contributed by atoms with Crippen LogP contribution in [0.1, 0.15) is 5.56 Å². The molecule has 0 radical (unpaired) electrons. The third-order valence-corrected chi connectivity index (χ3v) is 3.99. The molecule has 0 aliphatic carbocycles.